The van der Waals surface area contributed by atoms with Crippen molar-refractivity contribution in [1.29, 1.82) is 0 Å². The van der Waals surface area contributed by atoms with Gasteiger partial charge in [-0.15, -0.1) is 0 Å². The second-order valence-corrected chi connectivity index (χ2v) is 8.99. The number of hydrogen-bond acceptors (Lipinski definition) is 5. The summed E-state index contributed by atoms with van der Waals surface area (Å²) in [7, 11) is -3.70. The normalized spacial score (nSPS) is 14.7. The van der Waals surface area contributed by atoms with E-state index in [2.05, 4.69) is 0 Å². The van der Waals surface area contributed by atoms with E-state index in [1.54, 1.807) is 20.8 Å². The Kier molecular flexibility index (Phi) is 7.91. The van der Waals surface area contributed by atoms with Crippen LogP contribution in [0.3, 0.4) is 0 Å². The van der Waals surface area contributed by atoms with Crippen LogP contribution in [0.1, 0.15) is 27.7 Å². The molecule has 0 aliphatic carbocycles. The van der Waals surface area contributed by atoms with Crippen LogP contribution in [0.4, 0.5) is 0 Å². The van der Waals surface area contributed by atoms with Crippen molar-refractivity contribution in [3.05, 3.63) is 0 Å². The average molecular weight is 300 g/mol. The summed E-state index contributed by atoms with van der Waals surface area (Å²) in [6.45, 7) is 9.84. The molecule has 0 aliphatic rings. The van der Waals surface area contributed by atoms with Crippen LogP contribution >= 0.6 is 7.94 Å². The molecule has 0 saturated heterocycles. The zero-order chi connectivity index (χ0) is 15.2. The van der Waals surface area contributed by atoms with Gasteiger partial charge in [-0.25, -0.2) is 0 Å². The standard InChI is InChI=1S/C12H31NO5P/c1-5-13(6-9-14,7-10-15)8-11-18-19(16,17)12(2,3)4/h14-17,19H,5-11H2,1-4H3/q+1. The molecule has 0 heterocycles. The van der Waals surface area contributed by atoms with Crippen molar-refractivity contribution in [1.82, 2.24) is 0 Å². The van der Waals surface area contributed by atoms with Crippen LogP contribution in [0.5, 0.6) is 0 Å². The van der Waals surface area contributed by atoms with E-state index in [4.69, 9.17) is 14.7 Å². The fraction of sp³-hybridized carbons (Fsp3) is 1.00. The van der Waals surface area contributed by atoms with Gasteiger partial charge in [0, 0.05) is 0 Å². The van der Waals surface area contributed by atoms with Crippen LogP contribution in [0.15, 0.2) is 0 Å². The van der Waals surface area contributed by atoms with Gasteiger partial charge in [0.05, 0.1) is 0 Å². The Morgan fingerprint density at radius 2 is 1.47 bits per heavy atom. The average Bonchev–Trinajstić information content (AvgIpc) is 2.27. The molecular weight excluding hydrogens is 269 g/mol. The van der Waals surface area contributed by atoms with Gasteiger partial charge in [0.2, 0.25) is 0 Å². The molecule has 7 heteroatoms. The van der Waals surface area contributed by atoms with Crippen molar-refractivity contribution in [2.75, 3.05) is 46.0 Å². The number of hydrogen-bond donors (Lipinski definition) is 4. The Labute approximate surface area is 116 Å². The predicted molar refractivity (Wildman–Crippen MR) is 78.0 cm³/mol. The molecule has 0 aromatic carbocycles. The molecule has 0 bridgehead atoms. The molecule has 0 unspecified atom stereocenters. The first kappa shape index (κ1) is 19.2. The van der Waals surface area contributed by atoms with E-state index in [0.29, 0.717) is 24.1 Å². The fourth-order valence-corrected chi connectivity index (χ4v) is 2.64. The van der Waals surface area contributed by atoms with Crippen molar-refractivity contribution < 1.29 is 29.0 Å². The molecule has 0 aliphatic heterocycles. The van der Waals surface area contributed by atoms with Crippen molar-refractivity contribution in [3.63, 3.8) is 0 Å². The van der Waals surface area contributed by atoms with E-state index < -0.39 is 13.1 Å². The van der Waals surface area contributed by atoms with Gasteiger partial charge in [0.25, 0.3) is 0 Å². The van der Waals surface area contributed by atoms with E-state index in [9.17, 15) is 9.79 Å². The van der Waals surface area contributed by atoms with Gasteiger partial charge in [-0.05, 0) is 0 Å². The molecule has 118 valence electrons. The van der Waals surface area contributed by atoms with Crippen molar-refractivity contribution >= 4 is 7.94 Å². The van der Waals surface area contributed by atoms with Crippen LogP contribution in [0, 0.1) is 0 Å². The quantitative estimate of drug-likeness (QED) is 0.358. The summed E-state index contributed by atoms with van der Waals surface area (Å²) in [5.74, 6) is 0. The Morgan fingerprint density at radius 1 is 1.00 bits per heavy atom. The molecule has 19 heavy (non-hydrogen) atoms. The summed E-state index contributed by atoms with van der Waals surface area (Å²) in [6, 6.07) is 0. The first-order valence-electron chi connectivity index (χ1n) is 6.79. The Balaban J connectivity index is 4.49. The van der Waals surface area contributed by atoms with Crippen molar-refractivity contribution in [2.45, 2.75) is 32.9 Å². The predicted octanol–water partition coefficient (Wildman–Crippen LogP) is 0.102. The van der Waals surface area contributed by atoms with E-state index in [0.717, 1.165) is 6.54 Å². The zero-order valence-electron chi connectivity index (χ0n) is 12.6. The van der Waals surface area contributed by atoms with Gasteiger partial charge >= 0.3 is 116 Å². The summed E-state index contributed by atoms with van der Waals surface area (Å²) in [4.78, 5) is 19.9. The van der Waals surface area contributed by atoms with Crippen LogP contribution in [-0.2, 0) is 4.52 Å². The molecule has 0 aromatic heterocycles. The van der Waals surface area contributed by atoms with E-state index >= 15 is 0 Å². The van der Waals surface area contributed by atoms with Crippen LogP contribution < -0.4 is 0 Å². The molecule has 0 radical (unpaired) electrons. The van der Waals surface area contributed by atoms with Crippen LogP contribution in [-0.4, -0.2) is 75.6 Å². The maximum atomic E-state index is 9.95. The van der Waals surface area contributed by atoms with Crippen LogP contribution in [0.25, 0.3) is 0 Å². The topological polar surface area (TPSA) is 90.2 Å². The van der Waals surface area contributed by atoms with Gasteiger partial charge in [-0.3, -0.25) is 0 Å². The maximum absolute atomic E-state index is 9.95. The minimum absolute atomic E-state index is 0.0356. The third-order valence-corrected chi connectivity index (χ3v) is 6.23. The molecule has 0 saturated carbocycles. The molecule has 0 atom stereocenters. The van der Waals surface area contributed by atoms with Crippen molar-refractivity contribution in [3.8, 4) is 0 Å². The molecule has 6 nitrogen and oxygen atoms in total. The number of aliphatic hydroxyl groups excluding tert-OH is 2. The first-order chi connectivity index (χ1) is 8.64. The molecular formula is C12H31NO5P+. The number of aliphatic hydroxyl groups is 2. The molecule has 4 N–H and O–H groups in total. The molecule has 0 spiro atoms. The number of rotatable bonds is 9. The summed E-state index contributed by atoms with van der Waals surface area (Å²) in [5.41, 5.74) is 0. The Morgan fingerprint density at radius 3 is 1.79 bits per heavy atom. The van der Waals surface area contributed by atoms with E-state index in [-0.39, 0.29) is 19.8 Å². The molecule has 0 rings (SSSR count). The SMILES string of the molecule is CC[N+](CCO)(CCO)CCO[PH](O)(O)C(C)(C)C. The number of nitrogens with zero attached hydrogens (tertiary/aromatic N) is 1. The van der Waals surface area contributed by atoms with Gasteiger partial charge in [-0.1, -0.05) is 0 Å². The number of quaternary nitrogens is 1. The van der Waals surface area contributed by atoms with Crippen LogP contribution in [0.2, 0.25) is 0 Å². The second-order valence-electron chi connectivity index (χ2n) is 5.98. The third-order valence-electron chi connectivity index (χ3n) is 3.67. The third kappa shape index (κ3) is 6.00. The summed E-state index contributed by atoms with van der Waals surface area (Å²) < 4.78 is 5.83. The Hall–Kier alpha value is 0.190. The summed E-state index contributed by atoms with van der Waals surface area (Å²) in [6.07, 6.45) is 0. The zero-order valence-corrected chi connectivity index (χ0v) is 13.6. The molecule has 0 aromatic rings. The van der Waals surface area contributed by atoms with E-state index in [1.807, 2.05) is 6.92 Å². The first-order valence-corrected chi connectivity index (χ1v) is 8.60. The molecule has 0 fully saturated rings. The van der Waals surface area contributed by atoms with Gasteiger partial charge in [0.15, 0.2) is 0 Å². The Bertz CT molecular complexity index is 249. The fourth-order valence-electron chi connectivity index (χ4n) is 1.83. The van der Waals surface area contributed by atoms with Gasteiger partial charge < -0.3 is 0 Å². The molecule has 0 amide bonds. The van der Waals surface area contributed by atoms with Gasteiger partial charge in [-0.2, -0.15) is 0 Å². The van der Waals surface area contributed by atoms with Gasteiger partial charge in [0.1, 0.15) is 0 Å². The van der Waals surface area contributed by atoms with Crippen molar-refractivity contribution in [2.24, 2.45) is 0 Å². The second kappa shape index (κ2) is 7.84. The minimum atomic E-state index is -3.70. The van der Waals surface area contributed by atoms with E-state index in [1.165, 1.54) is 0 Å². The monoisotopic (exact) mass is 300 g/mol. The summed E-state index contributed by atoms with van der Waals surface area (Å²) >= 11 is 0. The number of likely N-dealkylation sites (N-methyl/N-ethyl adjacent to an activating group) is 1. The summed E-state index contributed by atoms with van der Waals surface area (Å²) in [5, 5.41) is 17.6.